The Balaban J connectivity index is 2.70. The normalized spacial score (nSPS) is 12.0. The minimum Gasteiger partial charge on any atom is -0.409 e. The average Bonchev–Trinajstić information content (AvgIpc) is 2.68. The Kier molecular flexibility index (Phi) is 4.15. The van der Waals surface area contributed by atoms with Crippen LogP contribution in [0.1, 0.15) is 31.7 Å². The van der Waals surface area contributed by atoms with E-state index in [1.54, 1.807) is 0 Å². The van der Waals surface area contributed by atoms with Crippen molar-refractivity contribution in [1.82, 2.24) is 9.78 Å². The van der Waals surface area contributed by atoms with Gasteiger partial charge in [-0.2, -0.15) is 5.10 Å². The molecule has 0 aliphatic heterocycles. The van der Waals surface area contributed by atoms with Crippen LogP contribution in [0.3, 0.4) is 0 Å². The number of rotatable bonds is 5. The number of oxime groups is 1. The van der Waals surface area contributed by atoms with E-state index >= 15 is 0 Å². The van der Waals surface area contributed by atoms with Gasteiger partial charge in [-0.1, -0.05) is 19.0 Å². The molecule has 84 valence electrons. The molecule has 0 fully saturated rings. The molecule has 1 aromatic rings. The van der Waals surface area contributed by atoms with Gasteiger partial charge < -0.3 is 10.9 Å². The molecule has 0 saturated carbocycles. The summed E-state index contributed by atoms with van der Waals surface area (Å²) in [5.74, 6) is 0.241. The van der Waals surface area contributed by atoms with Gasteiger partial charge in [0, 0.05) is 18.7 Å². The fourth-order valence-electron chi connectivity index (χ4n) is 1.44. The van der Waals surface area contributed by atoms with Crippen molar-refractivity contribution in [2.45, 2.75) is 39.7 Å². The summed E-state index contributed by atoms with van der Waals surface area (Å²) in [4.78, 5) is 0. The van der Waals surface area contributed by atoms with Crippen LogP contribution >= 0.6 is 0 Å². The first-order chi connectivity index (χ1) is 7.21. The molecule has 0 radical (unpaired) electrons. The number of hydrogen-bond donors (Lipinski definition) is 2. The lowest BCUT2D eigenvalue weighted by molar-refractivity contribution is 0.316. The van der Waals surface area contributed by atoms with E-state index in [1.165, 1.54) is 5.69 Å². The second-order valence-electron chi connectivity index (χ2n) is 3.40. The summed E-state index contributed by atoms with van der Waals surface area (Å²) in [5.41, 5.74) is 7.69. The average molecular weight is 210 g/mol. The maximum Gasteiger partial charge on any atom is 0.140 e. The molecule has 0 spiro atoms. The summed E-state index contributed by atoms with van der Waals surface area (Å²) in [6.45, 7) is 4.84. The van der Waals surface area contributed by atoms with Crippen LogP contribution in [0.15, 0.2) is 11.2 Å². The van der Waals surface area contributed by atoms with Gasteiger partial charge >= 0.3 is 0 Å². The Morgan fingerprint density at radius 2 is 2.27 bits per heavy atom. The number of hydrogen-bond acceptors (Lipinski definition) is 3. The molecular weight excluding hydrogens is 192 g/mol. The first-order valence-electron chi connectivity index (χ1n) is 5.23. The van der Waals surface area contributed by atoms with Crippen molar-refractivity contribution in [2.75, 3.05) is 0 Å². The molecule has 1 heterocycles. The van der Waals surface area contributed by atoms with Crippen LogP contribution in [0, 0.1) is 0 Å². The van der Waals surface area contributed by atoms with Crippen molar-refractivity contribution >= 4 is 5.84 Å². The first kappa shape index (κ1) is 11.6. The van der Waals surface area contributed by atoms with E-state index in [0.29, 0.717) is 13.0 Å². The smallest absolute Gasteiger partial charge is 0.140 e. The van der Waals surface area contributed by atoms with Crippen LogP contribution in [-0.4, -0.2) is 20.8 Å². The number of nitrogens with two attached hydrogens (primary N) is 1. The second kappa shape index (κ2) is 5.38. The van der Waals surface area contributed by atoms with Gasteiger partial charge in [0.2, 0.25) is 0 Å². The zero-order valence-electron chi connectivity index (χ0n) is 9.27. The number of aromatic nitrogens is 2. The molecule has 0 aliphatic rings. The van der Waals surface area contributed by atoms with Crippen LogP contribution in [0.5, 0.6) is 0 Å². The Morgan fingerprint density at radius 1 is 1.53 bits per heavy atom. The predicted octanol–water partition coefficient (Wildman–Crippen LogP) is 1.14. The zero-order valence-corrected chi connectivity index (χ0v) is 9.27. The molecule has 0 unspecified atom stereocenters. The van der Waals surface area contributed by atoms with Gasteiger partial charge in [-0.15, -0.1) is 0 Å². The minimum absolute atomic E-state index is 0.241. The van der Waals surface area contributed by atoms with Crippen molar-refractivity contribution in [3.05, 3.63) is 17.5 Å². The van der Waals surface area contributed by atoms with Crippen molar-refractivity contribution in [1.29, 1.82) is 0 Å². The molecule has 0 atom stereocenters. The van der Waals surface area contributed by atoms with Crippen LogP contribution in [0.25, 0.3) is 0 Å². The molecule has 0 aliphatic carbocycles. The SMILES string of the molecule is CCc1cc(CC)n(CC/C(N)=N/O)n1. The van der Waals surface area contributed by atoms with Crippen LogP contribution in [0.4, 0.5) is 0 Å². The second-order valence-corrected chi connectivity index (χ2v) is 3.40. The largest absolute Gasteiger partial charge is 0.409 e. The van der Waals surface area contributed by atoms with E-state index in [0.717, 1.165) is 18.5 Å². The quantitative estimate of drug-likeness (QED) is 0.331. The molecular formula is C10H18N4O. The van der Waals surface area contributed by atoms with Gasteiger partial charge in [0.1, 0.15) is 5.84 Å². The highest BCUT2D eigenvalue weighted by Gasteiger charge is 2.05. The van der Waals surface area contributed by atoms with E-state index < -0.39 is 0 Å². The minimum atomic E-state index is 0.241. The highest BCUT2D eigenvalue weighted by atomic mass is 16.4. The van der Waals surface area contributed by atoms with Gasteiger partial charge in [-0.05, 0) is 18.9 Å². The summed E-state index contributed by atoms with van der Waals surface area (Å²) in [6.07, 6.45) is 2.40. The third-order valence-corrected chi connectivity index (χ3v) is 2.35. The monoisotopic (exact) mass is 210 g/mol. The van der Waals surface area contributed by atoms with E-state index in [2.05, 4.69) is 30.2 Å². The lowest BCUT2D eigenvalue weighted by atomic mass is 10.2. The van der Waals surface area contributed by atoms with E-state index in [4.69, 9.17) is 10.9 Å². The molecule has 15 heavy (non-hydrogen) atoms. The molecule has 5 nitrogen and oxygen atoms in total. The van der Waals surface area contributed by atoms with Crippen molar-refractivity contribution in [3.63, 3.8) is 0 Å². The summed E-state index contributed by atoms with van der Waals surface area (Å²) in [7, 11) is 0. The summed E-state index contributed by atoms with van der Waals surface area (Å²) in [6, 6.07) is 2.10. The standard InChI is InChI=1S/C10H18N4O/c1-3-8-7-9(4-2)14(12-8)6-5-10(11)13-15/h7,15H,3-6H2,1-2H3,(H2,11,13). The van der Waals surface area contributed by atoms with Crippen molar-refractivity contribution in [2.24, 2.45) is 10.9 Å². The highest BCUT2D eigenvalue weighted by Crippen LogP contribution is 2.06. The maximum absolute atomic E-state index is 8.42. The molecule has 5 heteroatoms. The van der Waals surface area contributed by atoms with Gasteiger partial charge in [0.25, 0.3) is 0 Å². The molecule has 1 rings (SSSR count). The Morgan fingerprint density at radius 3 is 2.80 bits per heavy atom. The van der Waals surface area contributed by atoms with E-state index in [1.807, 2.05) is 4.68 Å². The summed E-state index contributed by atoms with van der Waals surface area (Å²) in [5, 5.41) is 15.8. The van der Waals surface area contributed by atoms with Gasteiger partial charge in [0.15, 0.2) is 0 Å². The molecule has 0 bridgehead atoms. The fraction of sp³-hybridized carbons (Fsp3) is 0.600. The zero-order chi connectivity index (χ0) is 11.3. The van der Waals surface area contributed by atoms with Gasteiger partial charge in [-0.3, -0.25) is 4.68 Å². The lowest BCUT2D eigenvalue weighted by Crippen LogP contribution is -2.16. The Hall–Kier alpha value is -1.52. The van der Waals surface area contributed by atoms with Gasteiger partial charge in [0.05, 0.1) is 5.69 Å². The highest BCUT2D eigenvalue weighted by molar-refractivity contribution is 5.79. The molecule has 1 aromatic heterocycles. The van der Waals surface area contributed by atoms with Gasteiger partial charge in [-0.25, -0.2) is 0 Å². The predicted molar refractivity (Wildman–Crippen MR) is 59.0 cm³/mol. The molecule has 0 aromatic carbocycles. The first-order valence-corrected chi connectivity index (χ1v) is 5.23. The number of amidine groups is 1. The Bertz CT molecular complexity index is 343. The topological polar surface area (TPSA) is 76.4 Å². The van der Waals surface area contributed by atoms with Crippen LogP contribution < -0.4 is 5.73 Å². The summed E-state index contributed by atoms with van der Waals surface area (Å²) >= 11 is 0. The van der Waals surface area contributed by atoms with Crippen LogP contribution in [-0.2, 0) is 19.4 Å². The van der Waals surface area contributed by atoms with Crippen molar-refractivity contribution in [3.8, 4) is 0 Å². The fourth-order valence-corrected chi connectivity index (χ4v) is 1.44. The Labute approximate surface area is 89.6 Å². The molecule has 0 amide bonds. The lowest BCUT2D eigenvalue weighted by Gasteiger charge is -2.04. The van der Waals surface area contributed by atoms with E-state index in [9.17, 15) is 0 Å². The number of aryl methyl sites for hydroxylation is 3. The van der Waals surface area contributed by atoms with Crippen LogP contribution in [0.2, 0.25) is 0 Å². The summed E-state index contributed by atoms with van der Waals surface area (Å²) < 4.78 is 1.93. The molecule has 0 saturated heterocycles. The third-order valence-electron chi connectivity index (χ3n) is 2.35. The number of nitrogens with zero attached hydrogens (tertiary/aromatic N) is 3. The van der Waals surface area contributed by atoms with E-state index in [-0.39, 0.29) is 5.84 Å². The van der Waals surface area contributed by atoms with Crippen molar-refractivity contribution < 1.29 is 5.21 Å². The maximum atomic E-state index is 8.42. The molecule has 3 N–H and O–H groups in total. The third kappa shape index (κ3) is 2.97.